The second-order valence-electron chi connectivity index (χ2n) is 6.66. The van der Waals surface area contributed by atoms with E-state index < -0.39 is 0 Å². The number of fused-ring (bicyclic) bond motifs is 1. The number of nitrogens with zero attached hydrogens (tertiary/aromatic N) is 2. The quantitative estimate of drug-likeness (QED) is 0.495. The fourth-order valence-corrected chi connectivity index (χ4v) is 5.39. The van der Waals surface area contributed by atoms with Crippen LogP contribution in [0.3, 0.4) is 0 Å². The molecule has 0 saturated carbocycles. The minimum Gasteiger partial charge on any atom is -0.497 e. The summed E-state index contributed by atoms with van der Waals surface area (Å²) in [6.07, 6.45) is 0.689. The second kappa shape index (κ2) is 7.83. The van der Waals surface area contributed by atoms with Crippen LogP contribution in [-0.2, 0) is 6.42 Å². The van der Waals surface area contributed by atoms with E-state index in [4.69, 9.17) is 10.5 Å². The fourth-order valence-electron chi connectivity index (χ4n) is 3.63. The number of nitriles is 2. The Kier molecular flexibility index (Phi) is 5.24. The first-order chi connectivity index (χ1) is 14.1. The standard InChI is InChI=1S/C23H16BrN3OS/c1-28-16-8-4-13(5-9-16)20-10-17-18(11-25)22(27)19(12-26)21(23(17)29-20)14-2-6-15(24)7-3-14/h2-9,20H,10,27H2,1H3. The summed E-state index contributed by atoms with van der Waals surface area (Å²) >= 11 is 5.14. The minimum atomic E-state index is 0.144. The topological polar surface area (TPSA) is 82.8 Å². The van der Waals surface area contributed by atoms with Gasteiger partial charge in [-0.2, -0.15) is 10.5 Å². The predicted octanol–water partition coefficient (Wildman–Crippen LogP) is 5.84. The Bertz CT molecular complexity index is 1180. The Morgan fingerprint density at radius 2 is 1.69 bits per heavy atom. The van der Waals surface area contributed by atoms with Gasteiger partial charge in [0.2, 0.25) is 0 Å². The highest BCUT2D eigenvalue weighted by atomic mass is 79.9. The van der Waals surface area contributed by atoms with Crippen molar-refractivity contribution in [3.8, 4) is 29.0 Å². The molecule has 0 saturated heterocycles. The first-order valence-corrected chi connectivity index (χ1v) is 10.6. The van der Waals surface area contributed by atoms with Crippen LogP contribution < -0.4 is 10.5 Å². The lowest BCUT2D eigenvalue weighted by Crippen LogP contribution is -2.03. The van der Waals surface area contributed by atoms with Crippen LogP contribution >= 0.6 is 27.7 Å². The predicted molar refractivity (Wildman–Crippen MR) is 119 cm³/mol. The minimum absolute atomic E-state index is 0.144. The molecule has 29 heavy (non-hydrogen) atoms. The number of halogens is 1. The largest absolute Gasteiger partial charge is 0.497 e. The molecule has 3 aromatic rings. The number of thioether (sulfide) groups is 1. The molecule has 0 amide bonds. The van der Waals surface area contributed by atoms with Crippen LogP contribution in [-0.4, -0.2) is 7.11 Å². The molecule has 1 atom stereocenters. The number of hydrogen-bond donors (Lipinski definition) is 1. The van der Waals surface area contributed by atoms with Gasteiger partial charge in [-0.15, -0.1) is 11.8 Å². The van der Waals surface area contributed by atoms with E-state index in [9.17, 15) is 10.5 Å². The summed E-state index contributed by atoms with van der Waals surface area (Å²) < 4.78 is 6.22. The van der Waals surface area contributed by atoms with Crippen molar-refractivity contribution in [2.75, 3.05) is 12.8 Å². The molecule has 3 aromatic carbocycles. The number of anilines is 1. The molecule has 0 aliphatic carbocycles. The molecule has 0 fully saturated rings. The first-order valence-electron chi connectivity index (χ1n) is 8.92. The van der Waals surface area contributed by atoms with Gasteiger partial charge in [0, 0.05) is 20.2 Å². The Morgan fingerprint density at radius 1 is 1.03 bits per heavy atom. The summed E-state index contributed by atoms with van der Waals surface area (Å²) in [6, 6.07) is 20.2. The third-order valence-corrected chi connectivity index (χ3v) is 7.02. The van der Waals surface area contributed by atoms with E-state index in [1.54, 1.807) is 18.9 Å². The van der Waals surface area contributed by atoms with Gasteiger partial charge in [0.1, 0.15) is 17.9 Å². The highest BCUT2D eigenvalue weighted by Crippen LogP contribution is 2.54. The normalized spacial score (nSPS) is 14.7. The van der Waals surface area contributed by atoms with Crippen molar-refractivity contribution in [3.63, 3.8) is 0 Å². The van der Waals surface area contributed by atoms with Crippen molar-refractivity contribution < 1.29 is 4.74 Å². The molecule has 142 valence electrons. The third kappa shape index (κ3) is 3.35. The third-order valence-electron chi connectivity index (χ3n) is 5.09. The van der Waals surface area contributed by atoms with E-state index >= 15 is 0 Å². The van der Waals surface area contributed by atoms with Crippen LogP contribution in [0.4, 0.5) is 5.69 Å². The average molecular weight is 462 g/mol. The first kappa shape index (κ1) is 19.4. The van der Waals surface area contributed by atoms with Crippen LogP contribution in [0.1, 0.15) is 27.5 Å². The molecular weight excluding hydrogens is 446 g/mol. The molecular formula is C23H16BrN3OS. The van der Waals surface area contributed by atoms with Crippen molar-refractivity contribution in [2.45, 2.75) is 16.6 Å². The van der Waals surface area contributed by atoms with Crippen LogP contribution in [0.25, 0.3) is 11.1 Å². The zero-order valence-corrected chi connectivity index (χ0v) is 18.0. The molecule has 1 aliphatic heterocycles. The Hall–Kier alpha value is -2.93. The maximum atomic E-state index is 9.84. The van der Waals surface area contributed by atoms with Crippen molar-refractivity contribution in [2.24, 2.45) is 0 Å². The van der Waals surface area contributed by atoms with Gasteiger partial charge in [0.25, 0.3) is 0 Å². The van der Waals surface area contributed by atoms with Crippen LogP contribution in [0.2, 0.25) is 0 Å². The van der Waals surface area contributed by atoms with E-state index in [-0.39, 0.29) is 10.9 Å². The SMILES string of the molecule is COc1ccc(C2Cc3c(C#N)c(N)c(C#N)c(-c4ccc(Br)cc4)c3S2)cc1. The average Bonchev–Trinajstić information content (AvgIpc) is 3.18. The van der Waals surface area contributed by atoms with Crippen LogP contribution in [0.5, 0.6) is 5.75 Å². The molecule has 4 rings (SSSR count). The molecule has 1 heterocycles. The molecule has 0 bridgehead atoms. The highest BCUT2D eigenvalue weighted by Gasteiger charge is 2.32. The van der Waals surface area contributed by atoms with Crippen molar-refractivity contribution in [3.05, 3.63) is 75.3 Å². The van der Waals surface area contributed by atoms with Crippen molar-refractivity contribution in [1.29, 1.82) is 10.5 Å². The van der Waals surface area contributed by atoms with Gasteiger partial charge < -0.3 is 10.5 Å². The van der Waals surface area contributed by atoms with Gasteiger partial charge >= 0.3 is 0 Å². The van der Waals surface area contributed by atoms with Gasteiger partial charge in [0.05, 0.1) is 23.9 Å². The number of benzene rings is 3. The molecule has 2 N–H and O–H groups in total. The zero-order chi connectivity index (χ0) is 20.5. The number of nitrogen functional groups attached to an aromatic ring is 1. The van der Waals surface area contributed by atoms with E-state index in [0.29, 0.717) is 17.5 Å². The molecule has 6 heteroatoms. The van der Waals surface area contributed by atoms with Crippen LogP contribution in [0, 0.1) is 22.7 Å². The van der Waals surface area contributed by atoms with Crippen molar-refractivity contribution in [1.82, 2.24) is 0 Å². The van der Waals surface area contributed by atoms with Gasteiger partial charge in [-0.05, 0) is 47.4 Å². The summed E-state index contributed by atoms with van der Waals surface area (Å²) in [4.78, 5) is 0.968. The number of nitrogens with two attached hydrogens (primary N) is 1. The summed E-state index contributed by atoms with van der Waals surface area (Å²) in [6.45, 7) is 0. The molecule has 0 radical (unpaired) electrons. The van der Waals surface area contributed by atoms with Gasteiger partial charge in [-0.25, -0.2) is 0 Å². The maximum absolute atomic E-state index is 9.84. The van der Waals surface area contributed by atoms with Crippen molar-refractivity contribution >= 4 is 33.4 Å². The maximum Gasteiger partial charge on any atom is 0.118 e. The lowest BCUT2D eigenvalue weighted by molar-refractivity contribution is 0.414. The highest BCUT2D eigenvalue weighted by molar-refractivity contribution is 9.10. The lowest BCUT2D eigenvalue weighted by atomic mass is 9.90. The van der Waals surface area contributed by atoms with E-state index in [1.165, 1.54) is 0 Å². The Labute approximate surface area is 182 Å². The summed E-state index contributed by atoms with van der Waals surface area (Å²) in [5.74, 6) is 0.804. The molecule has 4 nitrogen and oxygen atoms in total. The van der Waals surface area contributed by atoms with E-state index in [0.717, 1.165) is 37.4 Å². The zero-order valence-electron chi connectivity index (χ0n) is 15.6. The summed E-state index contributed by atoms with van der Waals surface area (Å²) in [7, 11) is 1.64. The van der Waals surface area contributed by atoms with E-state index in [1.807, 2.05) is 48.5 Å². The fraction of sp³-hybridized carbons (Fsp3) is 0.130. The number of methoxy groups -OCH3 is 1. The Morgan fingerprint density at radius 3 is 2.28 bits per heavy atom. The van der Waals surface area contributed by atoms with Gasteiger partial charge in [0.15, 0.2) is 0 Å². The number of rotatable bonds is 3. The second-order valence-corrected chi connectivity index (χ2v) is 8.79. The van der Waals surface area contributed by atoms with E-state index in [2.05, 4.69) is 28.1 Å². The lowest BCUT2D eigenvalue weighted by Gasteiger charge is -2.15. The molecule has 0 aromatic heterocycles. The van der Waals surface area contributed by atoms with Gasteiger partial charge in [-0.1, -0.05) is 40.2 Å². The van der Waals surface area contributed by atoms with Crippen LogP contribution in [0.15, 0.2) is 57.9 Å². The molecule has 1 unspecified atom stereocenters. The molecule has 0 spiro atoms. The summed E-state index contributed by atoms with van der Waals surface area (Å²) in [5.41, 5.74) is 11.1. The smallest absolute Gasteiger partial charge is 0.118 e. The number of ether oxygens (including phenoxy) is 1. The Balaban J connectivity index is 1.89. The summed E-state index contributed by atoms with van der Waals surface area (Å²) in [5, 5.41) is 19.7. The number of hydrogen-bond acceptors (Lipinski definition) is 5. The van der Waals surface area contributed by atoms with Gasteiger partial charge in [-0.3, -0.25) is 0 Å². The molecule has 1 aliphatic rings. The monoisotopic (exact) mass is 461 g/mol.